The molecule has 0 aliphatic carbocycles. The third-order valence-electron chi connectivity index (χ3n) is 6.85. The van der Waals surface area contributed by atoms with Gasteiger partial charge in [0.25, 0.3) is 10.0 Å². The second-order valence-electron chi connectivity index (χ2n) is 9.34. The van der Waals surface area contributed by atoms with Crippen LogP contribution >= 0.6 is 0 Å². The fourth-order valence-electron chi connectivity index (χ4n) is 4.50. The van der Waals surface area contributed by atoms with Crippen LogP contribution in [0.4, 0.5) is 5.69 Å². The Kier molecular flexibility index (Phi) is 7.57. The maximum Gasteiger partial charge on any atom is 0.264 e. The fraction of sp³-hybridized carbons (Fsp3) is 0.321. The predicted octanol–water partition coefficient (Wildman–Crippen LogP) is 2.73. The molecule has 0 radical (unpaired) electrons. The van der Waals surface area contributed by atoms with Gasteiger partial charge in [-0.15, -0.1) is 0 Å². The number of hydrogen-bond donors (Lipinski definition) is 1. The molecule has 3 aromatic rings. The summed E-state index contributed by atoms with van der Waals surface area (Å²) in [4.78, 5) is 16.8. The molecule has 0 unspecified atom stereocenters. The number of carbonyl (C=O) groups excluding carboxylic acids is 1. The molecule has 1 amide bonds. The summed E-state index contributed by atoms with van der Waals surface area (Å²) >= 11 is 0. The van der Waals surface area contributed by atoms with Crippen LogP contribution in [0.2, 0.25) is 0 Å². The summed E-state index contributed by atoms with van der Waals surface area (Å²) in [5, 5.41) is 0. The Balaban J connectivity index is 1.53. The van der Waals surface area contributed by atoms with E-state index in [4.69, 9.17) is 0 Å². The Hall–Kier alpha value is -3.16. The molecule has 4 rings (SSSR count). The summed E-state index contributed by atoms with van der Waals surface area (Å²) in [5.74, 6) is -0.166. The predicted molar refractivity (Wildman–Crippen MR) is 139 cm³/mol. The van der Waals surface area contributed by atoms with Gasteiger partial charge >= 0.3 is 0 Å². The minimum absolute atomic E-state index is 0.166. The average molecular weight is 493 g/mol. The van der Waals surface area contributed by atoms with E-state index in [0.717, 1.165) is 36.3 Å². The van der Waals surface area contributed by atoms with Gasteiger partial charge in [0, 0.05) is 5.56 Å². The van der Waals surface area contributed by atoms with Gasteiger partial charge in [0.15, 0.2) is 0 Å². The van der Waals surface area contributed by atoms with E-state index in [9.17, 15) is 13.2 Å². The van der Waals surface area contributed by atoms with E-state index in [1.54, 1.807) is 35.2 Å². The Morgan fingerprint density at radius 3 is 2.20 bits per heavy atom. The molecular weight excluding hydrogens is 458 g/mol. The number of benzene rings is 3. The zero-order chi connectivity index (χ0) is 25.0. The van der Waals surface area contributed by atoms with Crippen molar-refractivity contribution in [2.45, 2.75) is 32.2 Å². The number of nitrogens with zero attached hydrogens (tertiary/aromatic N) is 2. The zero-order valence-electron chi connectivity index (χ0n) is 20.7. The van der Waals surface area contributed by atoms with Crippen LogP contribution in [0.1, 0.15) is 22.3 Å². The molecular formula is C28H34N3O3S+. The Labute approximate surface area is 208 Å². The van der Waals surface area contributed by atoms with E-state index in [1.165, 1.54) is 14.8 Å². The average Bonchev–Trinajstić information content (AvgIpc) is 2.85. The number of aryl methyl sites for hydroxylation is 2. The lowest BCUT2D eigenvalue weighted by Crippen LogP contribution is -3.13. The lowest BCUT2D eigenvalue weighted by molar-refractivity contribution is -0.917. The topological polar surface area (TPSA) is 62.1 Å². The molecule has 0 atom stereocenters. The number of hydrogen-bond acceptors (Lipinski definition) is 3. The van der Waals surface area contributed by atoms with Crippen LogP contribution in [0.5, 0.6) is 0 Å². The maximum absolute atomic E-state index is 13.7. The minimum Gasteiger partial charge on any atom is -0.330 e. The van der Waals surface area contributed by atoms with Crippen molar-refractivity contribution in [1.82, 2.24) is 4.90 Å². The largest absolute Gasteiger partial charge is 0.330 e. The van der Waals surface area contributed by atoms with Gasteiger partial charge in [0.2, 0.25) is 5.91 Å². The van der Waals surface area contributed by atoms with Crippen LogP contribution in [-0.4, -0.2) is 51.9 Å². The summed E-state index contributed by atoms with van der Waals surface area (Å²) < 4.78 is 28.7. The molecule has 6 nitrogen and oxygen atoms in total. The summed E-state index contributed by atoms with van der Waals surface area (Å²) in [6.07, 6.45) is 0. The highest BCUT2D eigenvalue weighted by atomic mass is 32.2. The molecule has 1 saturated heterocycles. The van der Waals surface area contributed by atoms with Crippen LogP contribution in [0.25, 0.3) is 0 Å². The van der Waals surface area contributed by atoms with Crippen LogP contribution < -0.4 is 9.21 Å². The van der Waals surface area contributed by atoms with Crippen molar-refractivity contribution in [3.05, 3.63) is 95.1 Å². The zero-order valence-corrected chi connectivity index (χ0v) is 21.5. The smallest absolute Gasteiger partial charge is 0.264 e. The van der Waals surface area contributed by atoms with Crippen molar-refractivity contribution >= 4 is 21.6 Å². The molecule has 1 aliphatic rings. The SMILES string of the molecule is Cc1ccc(S(=O)(=O)N(CC(=O)N2CC[NH+](Cc3ccccc3)CC2)c2cccc(C)c2C)cc1. The Morgan fingerprint density at radius 1 is 0.886 bits per heavy atom. The molecule has 0 bridgehead atoms. The molecule has 1 heterocycles. The highest BCUT2D eigenvalue weighted by molar-refractivity contribution is 7.92. The van der Waals surface area contributed by atoms with Gasteiger partial charge in [0.1, 0.15) is 13.1 Å². The van der Waals surface area contributed by atoms with E-state index >= 15 is 0 Å². The maximum atomic E-state index is 13.7. The molecule has 1 N–H and O–H groups in total. The number of nitrogens with one attached hydrogen (secondary N) is 1. The fourth-order valence-corrected chi connectivity index (χ4v) is 5.97. The van der Waals surface area contributed by atoms with Crippen LogP contribution in [0.15, 0.2) is 77.7 Å². The molecule has 1 fully saturated rings. The first-order valence-electron chi connectivity index (χ1n) is 12.1. The molecule has 184 valence electrons. The van der Waals surface area contributed by atoms with Gasteiger partial charge in [-0.05, 0) is 50.1 Å². The first-order chi connectivity index (χ1) is 16.8. The Bertz CT molecular complexity index is 1270. The number of carbonyl (C=O) groups is 1. The first-order valence-corrected chi connectivity index (χ1v) is 13.5. The molecule has 0 spiro atoms. The van der Waals surface area contributed by atoms with E-state index in [0.29, 0.717) is 18.8 Å². The van der Waals surface area contributed by atoms with Crippen LogP contribution in [0, 0.1) is 20.8 Å². The van der Waals surface area contributed by atoms with Gasteiger partial charge in [-0.2, -0.15) is 0 Å². The number of rotatable bonds is 7. The standard InChI is InChI=1S/C28H33N3O3S/c1-22-12-14-26(15-13-22)35(33,34)31(27-11-7-8-23(2)24(27)3)21-28(32)30-18-16-29(17-19-30)20-25-9-5-4-6-10-25/h4-15H,16-21H2,1-3H3/p+1. The Morgan fingerprint density at radius 2 is 1.54 bits per heavy atom. The van der Waals surface area contributed by atoms with E-state index < -0.39 is 10.0 Å². The van der Waals surface area contributed by atoms with Crippen molar-refractivity contribution in [3.8, 4) is 0 Å². The summed E-state index contributed by atoms with van der Waals surface area (Å²) in [6, 6.07) is 22.7. The molecule has 1 aliphatic heterocycles. The molecule has 35 heavy (non-hydrogen) atoms. The van der Waals surface area contributed by atoms with Gasteiger partial charge in [-0.25, -0.2) is 8.42 Å². The van der Waals surface area contributed by atoms with Crippen LogP contribution in [0.3, 0.4) is 0 Å². The van der Waals surface area contributed by atoms with Gasteiger partial charge in [-0.1, -0.05) is 60.2 Å². The van der Waals surface area contributed by atoms with Crippen molar-refractivity contribution in [2.75, 3.05) is 37.0 Å². The summed E-state index contributed by atoms with van der Waals surface area (Å²) in [5.41, 5.74) is 4.65. The highest BCUT2D eigenvalue weighted by Crippen LogP contribution is 2.29. The van der Waals surface area contributed by atoms with E-state index in [2.05, 4.69) is 12.1 Å². The number of amides is 1. The molecule has 7 heteroatoms. The quantitative estimate of drug-likeness (QED) is 0.552. The monoisotopic (exact) mass is 492 g/mol. The van der Waals surface area contributed by atoms with E-state index in [1.807, 2.05) is 51.1 Å². The third kappa shape index (κ3) is 5.74. The van der Waals surface area contributed by atoms with Crippen molar-refractivity contribution in [1.29, 1.82) is 0 Å². The van der Waals surface area contributed by atoms with Crippen molar-refractivity contribution < 1.29 is 18.1 Å². The van der Waals surface area contributed by atoms with Crippen molar-refractivity contribution in [2.24, 2.45) is 0 Å². The molecule has 0 saturated carbocycles. The lowest BCUT2D eigenvalue weighted by Gasteiger charge is -2.34. The summed E-state index contributed by atoms with van der Waals surface area (Å²) in [7, 11) is -3.91. The van der Waals surface area contributed by atoms with Crippen molar-refractivity contribution in [3.63, 3.8) is 0 Å². The summed E-state index contributed by atoms with van der Waals surface area (Å²) in [6.45, 7) is 9.41. The third-order valence-corrected chi connectivity index (χ3v) is 8.63. The second-order valence-corrected chi connectivity index (χ2v) is 11.2. The lowest BCUT2D eigenvalue weighted by atomic mass is 10.1. The second kappa shape index (κ2) is 10.6. The number of piperazine rings is 1. The van der Waals surface area contributed by atoms with Crippen LogP contribution in [-0.2, 0) is 21.4 Å². The van der Waals surface area contributed by atoms with Gasteiger partial charge in [0.05, 0.1) is 36.8 Å². The van der Waals surface area contributed by atoms with E-state index in [-0.39, 0.29) is 17.3 Å². The highest BCUT2D eigenvalue weighted by Gasteiger charge is 2.32. The number of sulfonamides is 1. The molecule has 3 aromatic carbocycles. The van der Waals surface area contributed by atoms with Gasteiger partial charge in [-0.3, -0.25) is 9.10 Å². The first kappa shape index (κ1) is 24.9. The number of anilines is 1. The molecule has 0 aromatic heterocycles. The minimum atomic E-state index is -3.91. The van der Waals surface area contributed by atoms with Gasteiger partial charge < -0.3 is 9.80 Å². The number of quaternary nitrogens is 1. The normalized spacial score (nSPS) is 14.7.